The van der Waals surface area contributed by atoms with Crippen LogP contribution in [-0.4, -0.2) is 12.1 Å². The van der Waals surface area contributed by atoms with Gasteiger partial charge < -0.3 is 0 Å². The van der Waals surface area contributed by atoms with Crippen molar-refractivity contribution in [3.05, 3.63) is 70.2 Å². The molecule has 0 bridgehead atoms. The maximum absolute atomic E-state index is 11.9. The molecule has 0 aliphatic carbocycles. The number of carbonyl (C=O) groups excluding carboxylic acids is 1. The number of hydrogen-bond donors (Lipinski definition) is 1. The average Bonchev–Trinajstić information content (AvgIpc) is 2.48. The van der Waals surface area contributed by atoms with Gasteiger partial charge in [0, 0.05) is 0 Å². The molecule has 0 heterocycles. The van der Waals surface area contributed by atoms with Gasteiger partial charge in [-0.3, -0.25) is 4.79 Å². The van der Waals surface area contributed by atoms with Gasteiger partial charge in [0.25, 0.3) is 5.91 Å². The van der Waals surface area contributed by atoms with Crippen LogP contribution in [0.1, 0.15) is 41.3 Å². The summed E-state index contributed by atoms with van der Waals surface area (Å²) < 4.78 is 0. The smallest absolute Gasteiger partial charge is 0.267 e. The van der Waals surface area contributed by atoms with Crippen molar-refractivity contribution in [2.24, 2.45) is 5.10 Å². The summed E-state index contributed by atoms with van der Waals surface area (Å²) in [6.45, 7) is 4.29. The van der Waals surface area contributed by atoms with Crippen molar-refractivity contribution in [3.8, 4) is 0 Å². The third-order valence-corrected chi connectivity index (χ3v) is 3.43. The molecule has 0 fully saturated rings. The molecule has 1 amide bonds. The van der Waals surface area contributed by atoms with Gasteiger partial charge in [0.2, 0.25) is 0 Å². The standard InChI is InChI=1S/C17H17ClN2O/c1-12(2)14-9-7-13(8-10-14)11-19-20-17(21)15-5-3-4-6-16(15)18/h3-12H,1-2H3,(H,20,21)/b19-11+. The van der Waals surface area contributed by atoms with E-state index in [1.54, 1.807) is 30.5 Å². The van der Waals surface area contributed by atoms with Gasteiger partial charge in [-0.2, -0.15) is 5.10 Å². The average molecular weight is 301 g/mol. The number of halogens is 1. The Bertz CT molecular complexity index is 648. The van der Waals surface area contributed by atoms with Crippen LogP contribution >= 0.6 is 11.6 Å². The quantitative estimate of drug-likeness (QED) is 0.666. The molecular formula is C17H17ClN2O. The second-order valence-electron chi connectivity index (χ2n) is 5.00. The summed E-state index contributed by atoms with van der Waals surface area (Å²) in [5, 5.41) is 4.36. The number of amides is 1. The minimum atomic E-state index is -0.323. The summed E-state index contributed by atoms with van der Waals surface area (Å²) in [6, 6.07) is 14.9. The number of nitrogens with zero attached hydrogens (tertiary/aromatic N) is 1. The summed E-state index contributed by atoms with van der Waals surface area (Å²) in [4.78, 5) is 11.9. The highest BCUT2D eigenvalue weighted by molar-refractivity contribution is 6.33. The van der Waals surface area contributed by atoms with Crippen molar-refractivity contribution in [1.82, 2.24) is 5.43 Å². The summed E-state index contributed by atoms with van der Waals surface area (Å²) in [5.41, 5.74) is 5.08. The Morgan fingerprint density at radius 3 is 2.43 bits per heavy atom. The van der Waals surface area contributed by atoms with E-state index in [0.717, 1.165) is 5.56 Å². The lowest BCUT2D eigenvalue weighted by Gasteiger charge is -2.04. The summed E-state index contributed by atoms with van der Waals surface area (Å²) >= 11 is 5.95. The van der Waals surface area contributed by atoms with E-state index in [4.69, 9.17) is 11.6 Å². The molecule has 2 aromatic carbocycles. The number of nitrogens with one attached hydrogen (secondary N) is 1. The maximum atomic E-state index is 11.9. The van der Waals surface area contributed by atoms with Gasteiger partial charge >= 0.3 is 0 Å². The van der Waals surface area contributed by atoms with Gasteiger partial charge in [-0.1, -0.05) is 61.8 Å². The summed E-state index contributed by atoms with van der Waals surface area (Å²) in [6.07, 6.45) is 1.61. The molecular weight excluding hydrogens is 284 g/mol. The third-order valence-electron chi connectivity index (χ3n) is 3.10. The first-order valence-electron chi connectivity index (χ1n) is 6.76. The number of hydrazone groups is 1. The van der Waals surface area contributed by atoms with Crippen LogP contribution in [0.4, 0.5) is 0 Å². The Hall–Kier alpha value is -2.13. The van der Waals surface area contributed by atoms with Gasteiger partial charge in [0.05, 0.1) is 16.8 Å². The number of benzene rings is 2. The highest BCUT2D eigenvalue weighted by Crippen LogP contribution is 2.15. The van der Waals surface area contributed by atoms with Crippen LogP contribution in [0.5, 0.6) is 0 Å². The normalized spacial score (nSPS) is 11.0. The molecule has 2 rings (SSSR count). The van der Waals surface area contributed by atoms with E-state index in [9.17, 15) is 4.79 Å². The highest BCUT2D eigenvalue weighted by atomic mass is 35.5. The minimum Gasteiger partial charge on any atom is -0.267 e. The number of carbonyl (C=O) groups is 1. The first-order chi connectivity index (χ1) is 10.1. The first-order valence-corrected chi connectivity index (χ1v) is 7.13. The Balaban J connectivity index is 1.99. The lowest BCUT2D eigenvalue weighted by molar-refractivity contribution is 0.0955. The zero-order valence-electron chi connectivity index (χ0n) is 12.0. The molecule has 0 aromatic heterocycles. The fourth-order valence-corrected chi connectivity index (χ4v) is 2.06. The molecule has 0 saturated heterocycles. The first kappa shape index (κ1) is 15.3. The monoisotopic (exact) mass is 300 g/mol. The Morgan fingerprint density at radius 1 is 1.14 bits per heavy atom. The van der Waals surface area contributed by atoms with Crippen LogP contribution in [0.25, 0.3) is 0 Å². The second kappa shape index (κ2) is 7.04. The molecule has 108 valence electrons. The molecule has 0 spiro atoms. The highest BCUT2D eigenvalue weighted by Gasteiger charge is 2.07. The van der Waals surface area contributed by atoms with Crippen LogP contribution in [0, 0.1) is 0 Å². The second-order valence-corrected chi connectivity index (χ2v) is 5.41. The van der Waals surface area contributed by atoms with Crippen LogP contribution in [-0.2, 0) is 0 Å². The molecule has 0 saturated carbocycles. The van der Waals surface area contributed by atoms with E-state index >= 15 is 0 Å². The molecule has 4 heteroatoms. The molecule has 1 N–H and O–H groups in total. The predicted octanol–water partition coefficient (Wildman–Crippen LogP) is 4.23. The van der Waals surface area contributed by atoms with E-state index in [-0.39, 0.29) is 5.91 Å². The van der Waals surface area contributed by atoms with Gasteiger partial charge in [0.1, 0.15) is 0 Å². The summed E-state index contributed by atoms with van der Waals surface area (Å²) in [5.74, 6) is 0.173. The van der Waals surface area contributed by atoms with Crippen LogP contribution in [0.2, 0.25) is 5.02 Å². The predicted molar refractivity (Wildman–Crippen MR) is 87.0 cm³/mol. The fourth-order valence-electron chi connectivity index (χ4n) is 1.84. The fraction of sp³-hybridized carbons (Fsp3) is 0.176. The van der Waals surface area contributed by atoms with Gasteiger partial charge in [-0.15, -0.1) is 0 Å². The third kappa shape index (κ3) is 4.17. The van der Waals surface area contributed by atoms with Crippen molar-refractivity contribution in [2.45, 2.75) is 19.8 Å². The van der Waals surface area contributed by atoms with E-state index in [0.29, 0.717) is 16.5 Å². The SMILES string of the molecule is CC(C)c1ccc(/C=N/NC(=O)c2ccccc2Cl)cc1. The zero-order valence-corrected chi connectivity index (χ0v) is 12.8. The van der Waals surface area contributed by atoms with Gasteiger partial charge in [0.15, 0.2) is 0 Å². The van der Waals surface area contributed by atoms with Crippen molar-refractivity contribution >= 4 is 23.7 Å². The van der Waals surface area contributed by atoms with E-state index < -0.39 is 0 Å². The maximum Gasteiger partial charge on any atom is 0.272 e. The summed E-state index contributed by atoms with van der Waals surface area (Å²) in [7, 11) is 0. The number of rotatable bonds is 4. The lowest BCUT2D eigenvalue weighted by atomic mass is 10.0. The van der Waals surface area contributed by atoms with Crippen LogP contribution in [0.15, 0.2) is 53.6 Å². The lowest BCUT2D eigenvalue weighted by Crippen LogP contribution is -2.17. The van der Waals surface area contributed by atoms with Crippen LogP contribution in [0.3, 0.4) is 0 Å². The molecule has 2 aromatic rings. The van der Waals surface area contributed by atoms with Crippen LogP contribution < -0.4 is 5.43 Å². The molecule has 21 heavy (non-hydrogen) atoms. The van der Waals surface area contributed by atoms with Crippen molar-refractivity contribution in [3.63, 3.8) is 0 Å². The molecule has 0 aliphatic rings. The van der Waals surface area contributed by atoms with Gasteiger partial charge in [-0.25, -0.2) is 5.43 Å². The van der Waals surface area contributed by atoms with Crippen molar-refractivity contribution in [1.29, 1.82) is 0 Å². The molecule has 0 radical (unpaired) electrons. The van der Waals surface area contributed by atoms with E-state index in [2.05, 4.69) is 36.5 Å². The van der Waals surface area contributed by atoms with E-state index in [1.807, 2.05) is 12.1 Å². The Labute approximate surface area is 129 Å². The molecule has 3 nitrogen and oxygen atoms in total. The topological polar surface area (TPSA) is 41.5 Å². The number of hydrogen-bond acceptors (Lipinski definition) is 2. The Kier molecular flexibility index (Phi) is 5.12. The van der Waals surface area contributed by atoms with Crippen molar-refractivity contribution in [2.75, 3.05) is 0 Å². The largest absolute Gasteiger partial charge is 0.272 e. The molecule has 0 unspecified atom stereocenters. The molecule has 0 atom stereocenters. The Morgan fingerprint density at radius 2 is 1.81 bits per heavy atom. The zero-order chi connectivity index (χ0) is 15.2. The van der Waals surface area contributed by atoms with E-state index in [1.165, 1.54) is 5.56 Å². The van der Waals surface area contributed by atoms with Gasteiger partial charge in [-0.05, 0) is 29.2 Å². The molecule has 0 aliphatic heterocycles. The van der Waals surface area contributed by atoms with Crippen molar-refractivity contribution < 1.29 is 4.79 Å². The minimum absolute atomic E-state index is 0.323.